The van der Waals surface area contributed by atoms with E-state index in [1.807, 2.05) is 50.2 Å². The Kier molecular flexibility index (Phi) is 39.5. The largest absolute Gasteiger partial charge is 0.508 e. The summed E-state index contributed by atoms with van der Waals surface area (Å²) in [7, 11) is 4.05. The van der Waals surface area contributed by atoms with Crippen molar-refractivity contribution in [2.75, 3.05) is 72.0 Å². The third-order valence-corrected chi connectivity index (χ3v) is 24.9. The van der Waals surface area contributed by atoms with Crippen molar-refractivity contribution >= 4 is 134 Å². The summed E-state index contributed by atoms with van der Waals surface area (Å²) < 4.78 is 0. The van der Waals surface area contributed by atoms with Gasteiger partial charge in [-0.05, 0) is 111 Å². The van der Waals surface area contributed by atoms with Crippen LogP contribution in [0.25, 0.3) is 21.8 Å². The second-order valence-electron chi connectivity index (χ2n) is 34.7. The molecule has 14 atom stereocenters. The predicted molar refractivity (Wildman–Crippen MR) is 484 cm³/mol. The molecule has 2 aromatic heterocycles. The molecular formula is C91H130N18O20S. The quantitative estimate of drug-likeness (QED) is 0.0403. The zero-order valence-corrected chi connectivity index (χ0v) is 76.8. The first-order chi connectivity index (χ1) is 61.9. The molecular weight excluding hydrogens is 1700 g/mol. The molecule has 0 aliphatic carbocycles. The number of primary amides is 1. The van der Waals surface area contributed by atoms with Gasteiger partial charge in [-0.1, -0.05) is 123 Å². The number of nitrogens with one attached hydrogen (secondary N) is 12. The lowest BCUT2D eigenvalue weighted by Gasteiger charge is -2.36. The maximum absolute atomic E-state index is 15.6. The number of nitrogens with zero attached hydrogens (tertiary/aromatic N) is 5. The summed E-state index contributed by atoms with van der Waals surface area (Å²) in [5.74, 6) is -16.9. The Morgan fingerprint density at radius 1 is 0.569 bits per heavy atom. The van der Waals surface area contributed by atoms with Crippen molar-refractivity contribution in [2.24, 2.45) is 23.5 Å². The van der Waals surface area contributed by atoms with Gasteiger partial charge < -0.3 is 109 Å². The molecule has 0 saturated carbocycles. The normalized spacial score (nSPS) is 24.8. The average Bonchev–Trinajstić information content (AvgIpc) is 1.48. The van der Waals surface area contributed by atoms with Gasteiger partial charge in [0.05, 0.1) is 44.0 Å². The van der Waals surface area contributed by atoms with Gasteiger partial charge in [0.25, 0.3) is 0 Å². The van der Waals surface area contributed by atoms with Gasteiger partial charge in [-0.25, -0.2) is 0 Å². The number of ketones is 1. The number of nitrogens with two attached hydrogens (primary N) is 1. The van der Waals surface area contributed by atoms with Gasteiger partial charge in [0.2, 0.25) is 94.5 Å². The number of phenols is 1. The minimum atomic E-state index is -1.73. The fourth-order valence-corrected chi connectivity index (χ4v) is 17.4. The van der Waals surface area contributed by atoms with Gasteiger partial charge in [0, 0.05) is 112 Å². The lowest BCUT2D eigenvalue weighted by atomic mass is 9.90. The fraction of sp³-hybridized carbons (Fsp3) is 0.571. The summed E-state index contributed by atoms with van der Waals surface area (Å²) in [6.45, 7) is 11.4. The van der Waals surface area contributed by atoms with Gasteiger partial charge >= 0.3 is 0 Å². The molecule has 3 fully saturated rings. The second kappa shape index (κ2) is 49.7. The molecule has 39 heteroatoms. The van der Waals surface area contributed by atoms with Crippen LogP contribution in [0.1, 0.15) is 162 Å². The number of hydrogen-bond acceptors (Lipinski definition) is 21. The summed E-state index contributed by atoms with van der Waals surface area (Å²) >= 11 is 0.808. The van der Waals surface area contributed by atoms with Crippen molar-refractivity contribution < 1.29 is 96.8 Å². The van der Waals surface area contributed by atoms with E-state index in [1.54, 1.807) is 59.1 Å². The van der Waals surface area contributed by atoms with Crippen molar-refractivity contribution in [3.63, 3.8) is 0 Å². The van der Waals surface area contributed by atoms with Crippen molar-refractivity contribution in [3.8, 4) is 5.75 Å². The monoisotopic (exact) mass is 1830 g/mol. The van der Waals surface area contributed by atoms with E-state index in [1.165, 1.54) is 62.1 Å². The number of rotatable bonds is 24. The van der Waals surface area contributed by atoms with Crippen molar-refractivity contribution in [1.82, 2.24) is 87.6 Å². The van der Waals surface area contributed by atoms with Crippen LogP contribution in [0.3, 0.4) is 0 Å². The predicted octanol–water partition coefficient (Wildman–Crippen LogP) is 0.651. The maximum atomic E-state index is 15.6. The molecule has 3 aromatic carbocycles. The number of aromatic nitrogens is 2. The molecule has 38 nitrogen and oxygen atoms in total. The van der Waals surface area contributed by atoms with Crippen molar-refractivity contribution in [2.45, 2.75) is 243 Å². The molecule has 5 aromatic rings. The highest BCUT2D eigenvalue weighted by Crippen LogP contribution is 2.30. The first-order valence-corrected chi connectivity index (χ1v) is 45.9. The van der Waals surface area contributed by atoms with E-state index in [-0.39, 0.29) is 114 Å². The molecule has 0 radical (unpaired) electrons. The van der Waals surface area contributed by atoms with E-state index in [4.69, 9.17) is 5.73 Å². The molecule has 0 bridgehead atoms. The number of carbonyl (C=O) groups is 17. The topological polar surface area (TPSA) is 545 Å². The Hall–Kier alpha value is -12.0. The Morgan fingerprint density at radius 3 is 1.74 bits per heavy atom. The molecule has 3 saturated heterocycles. The number of hydrogen-bond donors (Lipinski definition) is 16. The number of benzene rings is 3. The number of aromatic hydroxyl groups is 1. The minimum absolute atomic E-state index is 0.00176. The van der Waals surface area contributed by atoms with Crippen molar-refractivity contribution in [3.05, 3.63) is 102 Å². The molecule has 0 spiro atoms. The molecule has 710 valence electrons. The fourth-order valence-electron chi connectivity index (χ4n) is 16.6. The summed E-state index contributed by atoms with van der Waals surface area (Å²) in [4.78, 5) is 261. The number of aliphatic hydroxyl groups excluding tert-OH is 2. The lowest BCUT2D eigenvalue weighted by molar-refractivity contribution is -0.149. The minimum Gasteiger partial charge on any atom is -0.508 e. The van der Waals surface area contributed by atoms with Gasteiger partial charge in [-0.2, -0.15) is 0 Å². The van der Waals surface area contributed by atoms with Crippen LogP contribution in [0.15, 0.2) is 85.2 Å². The Labute approximate surface area is 760 Å². The van der Waals surface area contributed by atoms with E-state index in [0.717, 1.165) is 31.8 Å². The van der Waals surface area contributed by atoms with Crippen LogP contribution in [-0.2, 0) is 101 Å². The van der Waals surface area contributed by atoms with Crippen LogP contribution >= 0.6 is 11.8 Å². The molecule has 17 N–H and O–H groups in total. The van der Waals surface area contributed by atoms with Crippen LogP contribution in [0.4, 0.5) is 0 Å². The van der Waals surface area contributed by atoms with E-state index in [9.17, 15) is 68.1 Å². The highest BCUT2D eigenvalue weighted by Gasteiger charge is 2.46. The number of aromatic amines is 2. The van der Waals surface area contributed by atoms with E-state index in [0.29, 0.717) is 58.8 Å². The third kappa shape index (κ3) is 29.0. The standard InChI is InChI=1S/C91H130N18O20S/c1-12-15-26-71-85(123)101-65(36-51(4)5)84(122)104-70(82(120)97-46-77(115)93-33-35-110)49-130-50-79(117)99-67(38-54-29-31-58(111)32-30-54)87(125)105(9)53(8)80(118)102-69(43-76(92)114)89(127)108-34-21-28-72(108)86(124)100-62(14-3)83(121)103-66(37-52(6)7)90(128)109-48-59(112)42-74(109)75(113)41-55(39-56-44-94-63-24-19-17-22-60(56)63)81(119)96-47-78(116)98-68(40-57-45-95-64-25-20-18-23-61(57)64)88(126)107(11)73(27-16-13-2)91(129)106(71)10/h17-20,22-25,29-32,44-45,51-53,55,59,62,65-74,94-95,110-112H,12-16,21,26-28,33-43,46-50H2,1-11H3,(H2,92,114)(H,93,115)(H,96,119)(H,97,120)(H,98,116)(H,99,117)(H,100,124)(H,101,123)(H,102,118)(H,103,121)(H,104,122)/t53-,55+,59+,62-,65-,66-,67-,68?,69-,70-,71-,72-,73-,74-/m0/s1. The first kappa shape index (κ1) is 103. The molecule has 1 unspecified atom stereocenters. The van der Waals surface area contributed by atoms with Crippen LogP contribution in [0, 0.1) is 17.8 Å². The summed E-state index contributed by atoms with van der Waals surface area (Å²) in [6.07, 6.45) is 2.21. The summed E-state index contributed by atoms with van der Waals surface area (Å²) in [6, 6.07) is 3.10. The number of fused-ring (bicyclic) bond motifs is 4. The molecule has 3 aliphatic heterocycles. The number of aliphatic hydroxyl groups is 2. The molecule has 3 aliphatic rings. The van der Waals surface area contributed by atoms with Gasteiger partial charge in [0.1, 0.15) is 72.2 Å². The van der Waals surface area contributed by atoms with Crippen LogP contribution < -0.4 is 58.9 Å². The van der Waals surface area contributed by atoms with Gasteiger partial charge in [-0.15, -0.1) is 11.8 Å². The Bertz CT molecular complexity index is 4830. The van der Waals surface area contributed by atoms with E-state index < -0.39 is 223 Å². The summed E-state index contributed by atoms with van der Waals surface area (Å²) in [5, 5.41) is 59.0. The number of H-pyrrole nitrogens is 2. The number of para-hydroxylation sites is 2. The van der Waals surface area contributed by atoms with Gasteiger partial charge in [0.15, 0.2) is 5.78 Å². The number of Topliss-reactive ketones (excluding diaryl/α,β-unsaturated/α-hetero) is 1. The highest BCUT2D eigenvalue weighted by atomic mass is 32.2. The lowest BCUT2D eigenvalue weighted by Crippen LogP contribution is -2.60. The number of phenolic OH excluding ortho intramolecular Hbond substituents is 1. The zero-order chi connectivity index (χ0) is 95.3. The number of amides is 16. The number of unbranched alkanes of at least 4 members (excludes halogenated alkanes) is 2. The van der Waals surface area contributed by atoms with E-state index >= 15 is 28.8 Å². The second-order valence-corrected chi connectivity index (χ2v) is 35.7. The van der Waals surface area contributed by atoms with E-state index in [2.05, 4.69) is 63.1 Å². The highest BCUT2D eigenvalue weighted by molar-refractivity contribution is 8.00. The van der Waals surface area contributed by atoms with Crippen LogP contribution in [0.2, 0.25) is 0 Å². The SMILES string of the molecule is CCCC[C@H]1C(=O)N(C)[C@@H](CCCC)C(=O)N[C@@H](CC(C)C)C(=O)N[C@H](C(=O)NCC(=O)NCCO)CSCC(=O)N[C@@H](Cc2ccc(O)cc2)C(=O)N(C)[C@@H](C)C(=O)N[C@@H](CC(N)=O)C(=O)N2CCC[C@H]2C(=O)N[C@@H](CC)C(=O)N[C@@H](CC(C)C)C(=O)N2C[C@H](O)C[C@H]2C(=O)C[C@@H](Cc2c[nH]c3ccccc23)C(=O)NCC(=O)NC(Cc2c[nH]c3ccccc23)C(=O)N1C. The third-order valence-electron chi connectivity index (χ3n) is 23.8. The van der Waals surface area contributed by atoms with Gasteiger partial charge in [-0.3, -0.25) is 81.5 Å². The molecule has 16 amide bonds. The number of carbonyl (C=O) groups excluding carboxylic acids is 17. The molecule has 5 heterocycles. The van der Waals surface area contributed by atoms with Crippen LogP contribution in [0.5, 0.6) is 5.75 Å². The smallest absolute Gasteiger partial charge is 0.246 e. The zero-order valence-electron chi connectivity index (χ0n) is 76.0. The molecule has 130 heavy (non-hydrogen) atoms. The average molecular weight is 1830 g/mol. The first-order valence-electron chi connectivity index (χ1n) is 44.8. The Balaban J connectivity index is 1.17. The van der Waals surface area contributed by atoms with Crippen molar-refractivity contribution in [1.29, 1.82) is 0 Å². The Morgan fingerprint density at radius 2 is 1.12 bits per heavy atom. The molecule has 8 rings (SSSR count). The van der Waals surface area contributed by atoms with Crippen LogP contribution in [-0.4, -0.2) is 301 Å². The number of thioether (sulfide) groups is 1. The maximum Gasteiger partial charge on any atom is 0.246 e. The number of likely N-dealkylation sites (N-methyl/N-ethyl adjacent to an activating group) is 3. The summed E-state index contributed by atoms with van der Waals surface area (Å²) in [5.41, 5.74) is 8.74.